The molecule has 2 N–H and O–H groups in total. The minimum absolute atomic E-state index is 0.0382. The summed E-state index contributed by atoms with van der Waals surface area (Å²) in [4.78, 5) is 0.403. The highest BCUT2D eigenvalue weighted by molar-refractivity contribution is 8.00. The smallest absolute Gasteiger partial charge is 0.201 e. The minimum atomic E-state index is 0.0382. The second-order valence-corrected chi connectivity index (χ2v) is 4.54. The molecule has 0 aromatic carbocycles. The van der Waals surface area contributed by atoms with Crippen LogP contribution in [0.4, 0.5) is 0 Å². The van der Waals surface area contributed by atoms with Crippen LogP contribution < -0.4 is 4.80 Å². The summed E-state index contributed by atoms with van der Waals surface area (Å²) in [6.07, 6.45) is 0. The Morgan fingerprint density at radius 3 is 3.08 bits per heavy atom. The van der Waals surface area contributed by atoms with Crippen molar-refractivity contribution in [2.75, 3.05) is 12.4 Å². The van der Waals surface area contributed by atoms with Crippen LogP contribution >= 0.6 is 23.1 Å². The van der Waals surface area contributed by atoms with Gasteiger partial charge in [-0.1, -0.05) is 30.0 Å². The average molecular weight is 205 g/mol. The fraction of sp³-hybridized carbons (Fsp3) is 0.667. The van der Waals surface area contributed by atoms with Crippen LogP contribution in [-0.4, -0.2) is 27.2 Å². The minimum Gasteiger partial charge on any atom is -0.394 e. The molecule has 0 aliphatic heterocycles. The first kappa shape index (κ1) is 9.76. The monoisotopic (exact) mass is 205 g/mol. The number of nitrogens with one attached hydrogen (secondary N) is 1. The SMILES string of the molecule is CCSc1nn(CCO)c(=N)s1. The van der Waals surface area contributed by atoms with E-state index in [2.05, 4.69) is 5.10 Å². The van der Waals surface area contributed by atoms with Crippen molar-refractivity contribution >= 4 is 23.1 Å². The van der Waals surface area contributed by atoms with Crippen LogP contribution in [0.1, 0.15) is 6.92 Å². The Bertz CT molecular complexity index is 293. The molecule has 1 rings (SSSR count). The lowest BCUT2D eigenvalue weighted by molar-refractivity contribution is 0.266. The van der Waals surface area contributed by atoms with Gasteiger partial charge >= 0.3 is 0 Å². The van der Waals surface area contributed by atoms with E-state index in [1.54, 1.807) is 11.8 Å². The van der Waals surface area contributed by atoms with Gasteiger partial charge in [0.05, 0.1) is 13.2 Å². The molecule has 6 heteroatoms. The van der Waals surface area contributed by atoms with E-state index in [0.29, 0.717) is 11.3 Å². The van der Waals surface area contributed by atoms with Crippen LogP contribution in [0.25, 0.3) is 0 Å². The van der Waals surface area contributed by atoms with E-state index < -0.39 is 0 Å². The van der Waals surface area contributed by atoms with Crippen molar-refractivity contribution in [3.8, 4) is 0 Å². The Hall–Kier alpha value is -0.330. The lowest BCUT2D eigenvalue weighted by Gasteiger charge is -1.93. The molecule has 0 fully saturated rings. The fourth-order valence-electron chi connectivity index (χ4n) is 0.728. The largest absolute Gasteiger partial charge is 0.394 e. The van der Waals surface area contributed by atoms with Crippen LogP contribution in [0.15, 0.2) is 4.34 Å². The molecule has 0 aliphatic rings. The standard InChI is InChI=1S/C6H11N3OS2/c1-2-11-6-8-9(3-4-10)5(7)12-6/h7,10H,2-4H2,1H3. The summed E-state index contributed by atoms with van der Waals surface area (Å²) < 4.78 is 2.42. The molecular weight excluding hydrogens is 194 g/mol. The predicted molar refractivity (Wildman–Crippen MR) is 49.4 cm³/mol. The van der Waals surface area contributed by atoms with Crippen molar-refractivity contribution in [3.63, 3.8) is 0 Å². The lowest BCUT2D eigenvalue weighted by Crippen LogP contribution is -2.16. The Morgan fingerprint density at radius 1 is 1.75 bits per heavy atom. The first-order valence-corrected chi connectivity index (χ1v) is 5.44. The summed E-state index contributed by atoms with van der Waals surface area (Å²) in [5.41, 5.74) is 0. The van der Waals surface area contributed by atoms with E-state index in [9.17, 15) is 0 Å². The molecular formula is C6H11N3OS2. The van der Waals surface area contributed by atoms with Crippen LogP contribution in [0.5, 0.6) is 0 Å². The van der Waals surface area contributed by atoms with Gasteiger partial charge in [-0.3, -0.25) is 5.41 Å². The van der Waals surface area contributed by atoms with Crippen LogP contribution in [0.3, 0.4) is 0 Å². The van der Waals surface area contributed by atoms with E-state index in [1.807, 2.05) is 6.92 Å². The Kier molecular flexibility index (Phi) is 3.77. The van der Waals surface area contributed by atoms with Gasteiger partial charge in [0, 0.05) is 0 Å². The van der Waals surface area contributed by atoms with Crippen LogP contribution in [0, 0.1) is 5.41 Å². The molecule has 0 aliphatic carbocycles. The molecule has 0 saturated heterocycles. The van der Waals surface area contributed by atoms with Gasteiger partial charge in [-0.2, -0.15) is 5.10 Å². The molecule has 4 nitrogen and oxygen atoms in total. The highest BCUT2D eigenvalue weighted by Gasteiger charge is 2.01. The van der Waals surface area contributed by atoms with Crippen LogP contribution in [-0.2, 0) is 6.54 Å². The maximum Gasteiger partial charge on any atom is 0.201 e. The first-order chi connectivity index (χ1) is 5.77. The zero-order valence-electron chi connectivity index (χ0n) is 6.78. The van der Waals surface area contributed by atoms with Crippen molar-refractivity contribution < 1.29 is 5.11 Å². The third-order valence-electron chi connectivity index (χ3n) is 1.20. The Labute approximate surface area is 78.8 Å². The van der Waals surface area contributed by atoms with Gasteiger partial charge in [0.25, 0.3) is 0 Å². The molecule has 0 saturated carbocycles. The maximum atomic E-state index is 8.64. The third-order valence-corrected chi connectivity index (χ3v) is 3.08. The summed E-state index contributed by atoms with van der Waals surface area (Å²) in [6, 6.07) is 0. The van der Waals surface area contributed by atoms with Crippen molar-refractivity contribution in [3.05, 3.63) is 4.80 Å². The van der Waals surface area contributed by atoms with E-state index >= 15 is 0 Å². The number of aromatic nitrogens is 2. The second kappa shape index (κ2) is 4.64. The van der Waals surface area contributed by atoms with Crippen molar-refractivity contribution in [2.24, 2.45) is 0 Å². The van der Waals surface area contributed by atoms with Gasteiger partial charge in [-0.15, -0.1) is 0 Å². The quantitative estimate of drug-likeness (QED) is 0.705. The number of hydrogen-bond acceptors (Lipinski definition) is 5. The maximum absolute atomic E-state index is 8.64. The van der Waals surface area contributed by atoms with Gasteiger partial charge in [0.2, 0.25) is 4.80 Å². The van der Waals surface area contributed by atoms with Gasteiger partial charge in [0.15, 0.2) is 4.34 Å². The number of thioether (sulfide) groups is 1. The van der Waals surface area contributed by atoms with E-state index in [1.165, 1.54) is 16.0 Å². The first-order valence-electron chi connectivity index (χ1n) is 3.64. The Balaban J connectivity index is 2.78. The average Bonchev–Trinajstić information content (AvgIpc) is 2.34. The zero-order chi connectivity index (χ0) is 8.97. The number of rotatable bonds is 4. The van der Waals surface area contributed by atoms with Gasteiger partial charge in [-0.05, 0) is 5.75 Å². The number of hydrogen-bond donors (Lipinski definition) is 2. The number of aliphatic hydroxyl groups excluding tert-OH is 1. The predicted octanol–water partition coefficient (Wildman–Crippen LogP) is 0.528. The van der Waals surface area contributed by atoms with Gasteiger partial charge in [0.1, 0.15) is 0 Å². The highest BCUT2D eigenvalue weighted by atomic mass is 32.2. The molecule has 1 aromatic rings. The van der Waals surface area contributed by atoms with Crippen molar-refractivity contribution in [2.45, 2.75) is 17.8 Å². The lowest BCUT2D eigenvalue weighted by atomic mass is 10.7. The fourth-order valence-corrected chi connectivity index (χ4v) is 2.50. The number of nitrogens with zero attached hydrogens (tertiary/aromatic N) is 2. The summed E-state index contributed by atoms with van der Waals surface area (Å²) in [5.74, 6) is 0.964. The third kappa shape index (κ3) is 2.33. The molecule has 0 atom stereocenters. The summed E-state index contributed by atoms with van der Waals surface area (Å²) in [5, 5.41) is 20.2. The molecule has 0 amide bonds. The summed E-state index contributed by atoms with van der Waals surface area (Å²) >= 11 is 2.97. The van der Waals surface area contributed by atoms with E-state index in [0.717, 1.165) is 10.1 Å². The van der Waals surface area contributed by atoms with Crippen molar-refractivity contribution in [1.82, 2.24) is 9.78 Å². The molecule has 1 heterocycles. The molecule has 68 valence electrons. The summed E-state index contributed by atoms with van der Waals surface area (Å²) in [6.45, 7) is 2.50. The molecule has 0 unspecified atom stereocenters. The zero-order valence-corrected chi connectivity index (χ0v) is 8.41. The Morgan fingerprint density at radius 2 is 2.50 bits per heavy atom. The molecule has 12 heavy (non-hydrogen) atoms. The number of aliphatic hydroxyl groups is 1. The van der Waals surface area contributed by atoms with E-state index in [4.69, 9.17) is 10.5 Å². The second-order valence-electron chi connectivity index (χ2n) is 2.05. The molecule has 0 spiro atoms. The van der Waals surface area contributed by atoms with Gasteiger partial charge < -0.3 is 5.11 Å². The highest BCUT2D eigenvalue weighted by Crippen LogP contribution is 2.16. The van der Waals surface area contributed by atoms with E-state index in [-0.39, 0.29) is 6.61 Å². The molecule has 1 aromatic heterocycles. The van der Waals surface area contributed by atoms with Gasteiger partial charge in [-0.25, -0.2) is 4.68 Å². The summed E-state index contributed by atoms with van der Waals surface area (Å²) in [7, 11) is 0. The van der Waals surface area contributed by atoms with Crippen molar-refractivity contribution in [1.29, 1.82) is 5.41 Å². The molecule has 0 radical (unpaired) electrons. The topological polar surface area (TPSA) is 61.9 Å². The van der Waals surface area contributed by atoms with Crippen LogP contribution in [0.2, 0.25) is 0 Å². The molecule has 0 bridgehead atoms. The normalized spacial score (nSPS) is 10.5.